The topological polar surface area (TPSA) is 64.6 Å². The number of alkyl halides is 3. The summed E-state index contributed by atoms with van der Waals surface area (Å²) in [6.07, 6.45) is -5.02. The molecule has 1 aromatic rings. The molecule has 106 valence electrons. The summed E-state index contributed by atoms with van der Waals surface area (Å²) in [6, 6.07) is 6.67. The van der Waals surface area contributed by atoms with Crippen LogP contribution in [0.4, 0.5) is 13.2 Å². The van der Waals surface area contributed by atoms with Crippen LogP contribution >= 0.6 is 0 Å². The van der Waals surface area contributed by atoms with E-state index < -0.39 is 22.1 Å². The minimum absolute atomic E-state index is 0.308. The van der Waals surface area contributed by atoms with Crippen LogP contribution in [-0.4, -0.2) is 33.7 Å². The van der Waals surface area contributed by atoms with E-state index in [0.29, 0.717) is 0 Å². The van der Waals surface area contributed by atoms with Gasteiger partial charge in [0, 0.05) is 0 Å². The van der Waals surface area contributed by atoms with Crippen molar-refractivity contribution in [3.8, 4) is 0 Å². The molecule has 1 N–H and O–H groups in total. The molecule has 0 saturated carbocycles. The van der Waals surface area contributed by atoms with Gasteiger partial charge < -0.3 is 9.47 Å². The molecular formula is C10H10F3NO4S. The lowest BCUT2D eigenvalue weighted by Gasteiger charge is -2.29. The van der Waals surface area contributed by atoms with E-state index in [1.807, 2.05) is 0 Å². The first-order valence-electron chi connectivity index (χ1n) is 5.20. The third-order valence-electron chi connectivity index (χ3n) is 2.39. The van der Waals surface area contributed by atoms with Crippen molar-refractivity contribution < 1.29 is 31.1 Å². The molecule has 19 heavy (non-hydrogen) atoms. The summed E-state index contributed by atoms with van der Waals surface area (Å²) < 4.78 is 72.7. The maximum absolute atomic E-state index is 12.9. The molecule has 0 radical (unpaired) electrons. The summed E-state index contributed by atoms with van der Waals surface area (Å²) in [7, 11) is -4.41. The third-order valence-corrected chi connectivity index (χ3v) is 3.82. The fourth-order valence-corrected chi connectivity index (χ4v) is 2.75. The number of ether oxygens (including phenoxy) is 2. The van der Waals surface area contributed by atoms with Crippen molar-refractivity contribution in [3.05, 3.63) is 30.3 Å². The number of sulfonamides is 1. The number of hydrogen-bond acceptors (Lipinski definition) is 4. The van der Waals surface area contributed by atoms with Gasteiger partial charge in [0.05, 0.1) is 18.1 Å². The number of nitrogens with one attached hydrogen (secondary N) is 1. The molecule has 0 bridgehead atoms. The van der Waals surface area contributed by atoms with Crippen molar-refractivity contribution >= 4 is 10.0 Å². The Bertz CT molecular complexity index is 538. The number of benzene rings is 1. The van der Waals surface area contributed by atoms with Crippen LogP contribution in [0, 0.1) is 0 Å². The van der Waals surface area contributed by atoms with Gasteiger partial charge in [0.15, 0.2) is 0 Å². The van der Waals surface area contributed by atoms with E-state index in [-0.39, 0.29) is 18.1 Å². The molecule has 0 amide bonds. The predicted octanol–water partition coefficient (Wildman–Crippen LogP) is 1.23. The minimum Gasteiger partial charge on any atom is -0.327 e. The summed E-state index contributed by atoms with van der Waals surface area (Å²) in [5.41, 5.74) is 0. The van der Waals surface area contributed by atoms with Crippen LogP contribution in [0.3, 0.4) is 0 Å². The van der Waals surface area contributed by atoms with E-state index in [0.717, 1.165) is 0 Å². The Morgan fingerprint density at radius 2 is 1.63 bits per heavy atom. The van der Waals surface area contributed by atoms with Gasteiger partial charge in [-0.3, -0.25) is 0 Å². The molecule has 5 nitrogen and oxygen atoms in total. The fourth-order valence-electron chi connectivity index (χ4n) is 1.53. The summed E-state index contributed by atoms with van der Waals surface area (Å²) in [5, 5.41) is 0. The largest absolute Gasteiger partial charge is 0.460 e. The minimum atomic E-state index is -5.02. The van der Waals surface area contributed by atoms with Crippen LogP contribution < -0.4 is 4.72 Å². The second-order valence-electron chi connectivity index (χ2n) is 3.73. The maximum Gasteiger partial charge on any atom is 0.460 e. The first kappa shape index (κ1) is 14.3. The zero-order valence-electron chi connectivity index (χ0n) is 9.48. The molecule has 0 atom stereocenters. The molecule has 1 heterocycles. The molecule has 1 aliphatic heterocycles. The molecule has 1 fully saturated rings. The summed E-state index contributed by atoms with van der Waals surface area (Å²) in [6.45, 7) is -0.701. The van der Waals surface area contributed by atoms with Crippen molar-refractivity contribution in [2.45, 2.75) is 17.0 Å². The van der Waals surface area contributed by atoms with Crippen molar-refractivity contribution in [1.29, 1.82) is 0 Å². The quantitative estimate of drug-likeness (QED) is 0.911. The number of rotatable bonds is 3. The number of halogens is 3. The second kappa shape index (κ2) is 4.75. The second-order valence-corrected chi connectivity index (χ2v) is 5.41. The summed E-state index contributed by atoms with van der Waals surface area (Å²) in [5.74, 6) is -3.32. The van der Waals surface area contributed by atoms with Gasteiger partial charge in [0.1, 0.15) is 0 Å². The van der Waals surface area contributed by atoms with Crippen molar-refractivity contribution in [1.82, 2.24) is 4.72 Å². The standard InChI is InChI=1S/C10H10F3NO4S/c11-9(12,13)10(17-6-7-18-10)14-19(15,16)8-4-2-1-3-5-8/h1-5,14H,6-7H2. The van der Waals surface area contributed by atoms with Gasteiger partial charge in [0.25, 0.3) is 0 Å². The highest BCUT2D eigenvalue weighted by molar-refractivity contribution is 7.89. The van der Waals surface area contributed by atoms with Gasteiger partial charge >= 0.3 is 12.1 Å². The Balaban J connectivity index is 2.33. The van der Waals surface area contributed by atoms with Crippen LogP contribution in [0.5, 0.6) is 0 Å². The van der Waals surface area contributed by atoms with Gasteiger partial charge in [-0.2, -0.15) is 13.2 Å². The first-order chi connectivity index (χ1) is 8.77. The summed E-state index contributed by atoms with van der Waals surface area (Å²) in [4.78, 5) is -0.308. The maximum atomic E-state index is 12.9. The molecule has 0 unspecified atom stereocenters. The van der Waals surface area contributed by atoms with Gasteiger partial charge in [0.2, 0.25) is 10.0 Å². The van der Waals surface area contributed by atoms with E-state index in [1.165, 1.54) is 29.0 Å². The Hall–Kier alpha value is -1.16. The molecule has 2 rings (SSSR count). The lowest BCUT2D eigenvalue weighted by atomic mass is 10.4. The van der Waals surface area contributed by atoms with E-state index >= 15 is 0 Å². The summed E-state index contributed by atoms with van der Waals surface area (Å²) >= 11 is 0. The van der Waals surface area contributed by atoms with Gasteiger partial charge in [-0.05, 0) is 12.1 Å². The highest BCUT2D eigenvalue weighted by Crippen LogP contribution is 2.36. The Morgan fingerprint density at radius 3 is 2.11 bits per heavy atom. The van der Waals surface area contributed by atoms with E-state index in [4.69, 9.17) is 0 Å². The smallest absolute Gasteiger partial charge is 0.327 e. The lowest BCUT2D eigenvalue weighted by molar-refractivity contribution is -0.348. The Kier molecular flexibility index (Phi) is 3.56. The zero-order valence-corrected chi connectivity index (χ0v) is 10.3. The van der Waals surface area contributed by atoms with Crippen molar-refractivity contribution in [2.24, 2.45) is 0 Å². The fraction of sp³-hybridized carbons (Fsp3) is 0.400. The first-order valence-corrected chi connectivity index (χ1v) is 6.69. The molecular weight excluding hydrogens is 287 g/mol. The van der Waals surface area contributed by atoms with Crippen LogP contribution in [0.25, 0.3) is 0 Å². The molecule has 0 aromatic heterocycles. The van der Waals surface area contributed by atoms with E-state index in [9.17, 15) is 21.6 Å². The SMILES string of the molecule is O=S(=O)(NC1(C(F)(F)F)OCCO1)c1ccccc1. The van der Waals surface area contributed by atoms with Crippen molar-refractivity contribution in [2.75, 3.05) is 13.2 Å². The molecule has 0 spiro atoms. The molecule has 1 aliphatic rings. The monoisotopic (exact) mass is 297 g/mol. The van der Waals surface area contributed by atoms with Gasteiger partial charge in [-0.1, -0.05) is 18.2 Å². The zero-order chi connectivity index (χ0) is 14.1. The normalized spacial score (nSPS) is 19.5. The highest BCUT2D eigenvalue weighted by Gasteiger charge is 2.62. The Morgan fingerprint density at radius 1 is 1.11 bits per heavy atom. The van der Waals surface area contributed by atoms with Gasteiger partial charge in [-0.25, -0.2) is 8.42 Å². The van der Waals surface area contributed by atoms with Crippen LogP contribution in [0.15, 0.2) is 35.2 Å². The molecule has 9 heteroatoms. The van der Waals surface area contributed by atoms with E-state index in [1.54, 1.807) is 6.07 Å². The molecule has 1 saturated heterocycles. The van der Waals surface area contributed by atoms with Crippen LogP contribution in [0.1, 0.15) is 0 Å². The average Bonchev–Trinajstić information content (AvgIpc) is 2.79. The molecule has 1 aromatic carbocycles. The molecule has 0 aliphatic carbocycles. The van der Waals surface area contributed by atoms with E-state index in [2.05, 4.69) is 9.47 Å². The lowest BCUT2D eigenvalue weighted by Crippen LogP contribution is -2.59. The van der Waals surface area contributed by atoms with Crippen LogP contribution in [-0.2, 0) is 19.5 Å². The third kappa shape index (κ3) is 2.73. The predicted molar refractivity (Wildman–Crippen MR) is 57.5 cm³/mol. The Labute approximate surface area is 107 Å². The number of hydrogen-bond donors (Lipinski definition) is 1. The highest BCUT2D eigenvalue weighted by atomic mass is 32.2. The van der Waals surface area contributed by atoms with Crippen LogP contribution in [0.2, 0.25) is 0 Å². The average molecular weight is 297 g/mol. The van der Waals surface area contributed by atoms with Crippen molar-refractivity contribution in [3.63, 3.8) is 0 Å². The van der Waals surface area contributed by atoms with Gasteiger partial charge in [-0.15, -0.1) is 4.72 Å².